The molecule has 23 heavy (non-hydrogen) atoms. The third-order valence-electron chi connectivity index (χ3n) is 3.80. The van der Waals surface area contributed by atoms with Crippen LogP contribution in [-0.2, 0) is 9.53 Å². The molecule has 0 atom stereocenters. The molecule has 1 amide bonds. The number of rotatable bonds is 5. The number of thioether (sulfide) groups is 1. The minimum absolute atomic E-state index is 0.00682. The Morgan fingerprint density at radius 2 is 2.13 bits per heavy atom. The van der Waals surface area contributed by atoms with Crippen molar-refractivity contribution < 1.29 is 9.53 Å². The van der Waals surface area contributed by atoms with Crippen LogP contribution in [0.4, 0.5) is 0 Å². The maximum atomic E-state index is 12.5. The van der Waals surface area contributed by atoms with E-state index in [2.05, 4.69) is 9.88 Å². The molecule has 0 radical (unpaired) electrons. The summed E-state index contributed by atoms with van der Waals surface area (Å²) in [5.74, 6) is -0.00682. The van der Waals surface area contributed by atoms with Crippen molar-refractivity contribution in [2.45, 2.75) is 6.42 Å². The second kappa shape index (κ2) is 8.01. The lowest BCUT2D eigenvalue weighted by Crippen LogP contribution is -2.38. The number of thiocarbonyl (C=S) groups is 1. The van der Waals surface area contributed by atoms with Gasteiger partial charge >= 0.3 is 0 Å². The van der Waals surface area contributed by atoms with Crippen molar-refractivity contribution in [3.05, 3.63) is 35.0 Å². The average Bonchev–Trinajstić information content (AvgIpc) is 2.84. The van der Waals surface area contributed by atoms with Gasteiger partial charge in [0.2, 0.25) is 0 Å². The van der Waals surface area contributed by atoms with Gasteiger partial charge in [-0.3, -0.25) is 19.6 Å². The molecule has 0 saturated carbocycles. The molecule has 2 aliphatic heterocycles. The third-order valence-corrected chi connectivity index (χ3v) is 5.18. The molecule has 2 fully saturated rings. The van der Waals surface area contributed by atoms with E-state index < -0.39 is 0 Å². The first-order valence-electron chi connectivity index (χ1n) is 7.70. The third kappa shape index (κ3) is 4.38. The molecule has 0 N–H and O–H groups in total. The molecule has 3 heterocycles. The summed E-state index contributed by atoms with van der Waals surface area (Å²) in [7, 11) is 0. The number of amides is 1. The van der Waals surface area contributed by atoms with Crippen LogP contribution in [0.3, 0.4) is 0 Å². The minimum atomic E-state index is -0.00682. The minimum Gasteiger partial charge on any atom is -0.379 e. The highest BCUT2D eigenvalue weighted by Crippen LogP contribution is 2.32. The van der Waals surface area contributed by atoms with Crippen molar-refractivity contribution in [3.8, 4) is 0 Å². The Bertz CT molecular complexity index is 601. The first-order valence-corrected chi connectivity index (χ1v) is 8.93. The molecule has 5 nitrogen and oxygen atoms in total. The quantitative estimate of drug-likeness (QED) is 0.599. The lowest BCUT2D eigenvalue weighted by molar-refractivity contribution is -0.122. The van der Waals surface area contributed by atoms with Crippen molar-refractivity contribution in [2.24, 2.45) is 0 Å². The summed E-state index contributed by atoms with van der Waals surface area (Å²) in [6.45, 7) is 5.18. The molecule has 122 valence electrons. The highest BCUT2D eigenvalue weighted by molar-refractivity contribution is 8.26. The number of hydrogen-bond acceptors (Lipinski definition) is 6. The first kappa shape index (κ1) is 16.6. The SMILES string of the molecule is O=C1/C(=C\c2ccccn2)SC(=S)N1CCCN1CCOCC1. The van der Waals surface area contributed by atoms with Crippen LogP contribution in [0.15, 0.2) is 29.3 Å². The van der Waals surface area contributed by atoms with E-state index in [1.165, 1.54) is 11.8 Å². The Hall–Kier alpha value is -1.28. The lowest BCUT2D eigenvalue weighted by Gasteiger charge is -2.27. The number of hydrogen-bond donors (Lipinski definition) is 0. The van der Waals surface area contributed by atoms with E-state index in [0.29, 0.717) is 15.8 Å². The lowest BCUT2D eigenvalue weighted by atomic mass is 10.3. The predicted octanol–water partition coefficient (Wildman–Crippen LogP) is 2.01. The molecule has 0 aliphatic carbocycles. The zero-order valence-corrected chi connectivity index (χ0v) is 14.4. The van der Waals surface area contributed by atoms with E-state index in [1.807, 2.05) is 18.2 Å². The normalized spacial score (nSPS) is 21.4. The highest BCUT2D eigenvalue weighted by atomic mass is 32.2. The monoisotopic (exact) mass is 349 g/mol. The van der Waals surface area contributed by atoms with Crippen LogP contribution in [0.2, 0.25) is 0 Å². The maximum absolute atomic E-state index is 12.5. The summed E-state index contributed by atoms with van der Waals surface area (Å²) in [5.41, 5.74) is 0.779. The second-order valence-corrected chi connectivity index (χ2v) is 7.07. The van der Waals surface area contributed by atoms with Crippen molar-refractivity contribution >= 4 is 40.3 Å². The molecule has 0 bridgehead atoms. The molecule has 3 rings (SSSR count). The fourth-order valence-electron chi connectivity index (χ4n) is 2.57. The van der Waals surface area contributed by atoms with Crippen LogP contribution in [0.25, 0.3) is 6.08 Å². The van der Waals surface area contributed by atoms with Gasteiger partial charge in [0.05, 0.1) is 23.8 Å². The number of carbonyl (C=O) groups excluding carboxylic acids is 1. The van der Waals surface area contributed by atoms with E-state index in [4.69, 9.17) is 17.0 Å². The number of nitrogens with zero attached hydrogens (tertiary/aromatic N) is 3. The van der Waals surface area contributed by atoms with Crippen molar-refractivity contribution in [1.82, 2.24) is 14.8 Å². The number of carbonyl (C=O) groups is 1. The number of pyridine rings is 1. The van der Waals surface area contributed by atoms with E-state index in [9.17, 15) is 4.79 Å². The predicted molar refractivity (Wildman–Crippen MR) is 96.0 cm³/mol. The van der Waals surface area contributed by atoms with Gasteiger partial charge in [-0.25, -0.2) is 0 Å². The van der Waals surface area contributed by atoms with Crippen LogP contribution < -0.4 is 0 Å². The van der Waals surface area contributed by atoms with Gasteiger partial charge in [-0.05, 0) is 24.6 Å². The van der Waals surface area contributed by atoms with Crippen molar-refractivity contribution in [1.29, 1.82) is 0 Å². The van der Waals surface area contributed by atoms with Gasteiger partial charge < -0.3 is 4.74 Å². The van der Waals surface area contributed by atoms with E-state index >= 15 is 0 Å². The Kier molecular flexibility index (Phi) is 5.77. The number of ether oxygens (including phenoxy) is 1. The van der Waals surface area contributed by atoms with Gasteiger partial charge in [0, 0.05) is 32.4 Å². The molecule has 1 aromatic heterocycles. The summed E-state index contributed by atoms with van der Waals surface area (Å²) in [6, 6.07) is 5.64. The van der Waals surface area contributed by atoms with E-state index in [-0.39, 0.29) is 5.91 Å². The van der Waals surface area contributed by atoms with Gasteiger partial charge in [-0.1, -0.05) is 30.0 Å². The van der Waals surface area contributed by atoms with Gasteiger partial charge in [0.25, 0.3) is 5.91 Å². The molecular formula is C16H19N3O2S2. The van der Waals surface area contributed by atoms with Crippen LogP contribution in [0.1, 0.15) is 12.1 Å². The maximum Gasteiger partial charge on any atom is 0.266 e. The summed E-state index contributed by atoms with van der Waals surface area (Å²) in [6.07, 6.45) is 4.44. The highest BCUT2D eigenvalue weighted by Gasteiger charge is 2.31. The van der Waals surface area contributed by atoms with Gasteiger partial charge in [-0.15, -0.1) is 0 Å². The molecule has 0 unspecified atom stereocenters. The fourth-order valence-corrected chi connectivity index (χ4v) is 3.86. The summed E-state index contributed by atoms with van der Waals surface area (Å²) in [4.78, 5) is 21.4. The van der Waals surface area contributed by atoms with Gasteiger partial charge in [0.1, 0.15) is 4.32 Å². The summed E-state index contributed by atoms with van der Waals surface area (Å²) < 4.78 is 5.98. The van der Waals surface area contributed by atoms with Crippen LogP contribution in [0, 0.1) is 0 Å². The Balaban J connectivity index is 1.55. The largest absolute Gasteiger partial charge is 0.379 e. The summed E-state index contributed by atoms with van der Waals surface area (Å²) in [5, 5.41) is 0. The van der Waals surface area contributed by atoms with Crippen LogP contribution in [-0.4, -0.2) is 64.4 Å². The Morgan fingerprint density at radius 1 is 1.30 bits per heavy atom. The molecule has 0 spiro atoms. The Labute approximate surface area is 145 Å². The molecule has 7 heteroatoms. The summed E-state index contributed by atoms with van der Waals surface area (Å²) >= 11 is 6.71. The smallest absolute Gasteiger partial charge is 0.266 e. The van der Waals surface area contributed by atoms with Crippen molar-refractivity contribution in [2.75, 3.05) is 39.4 Å². The van der Waals surface area contributed by atoms with E-state index in [0.717, 1.165) is 45.0 Å². The first-order chi connectivity index (χ1) is 11.2. The van der Waals surface area contributed by atoms with Gasteiger partial charge in [-0.2, -0.15) is 0 Å². The molecule has 2 aliphatic rings. The van der Waals surface area contributed by atoms with E-state index in [1.54, 1.807) is 17.2 Å². The van der Waals surface area contributed by atoms with Crippen LogP contribution in [0.5, 0.6) is 0 Å². The van der Waals surface area contributed by atoms with Crippen LogP contribution >= 0.6 is 24.0 Å². The fraction of sp³-hybridized carbons (Fsp3) is 0.438. The molecule has 0 aromatic carbocycles. The van der Waals surface area contributed by atoms with Gasteiger partial charge in [0.15, 0.2) is 0 Å². The van der Waals surface area contributed by atoms with Crippen molar-refractivity contribution in [3.63, 3.8) is 0 Å². The molecule has 1 aromatic rings. The second-order valence-electron chi connectivity index (χ2n) is 5.40. The molecule has 2 saturated heterocycles. The topological polar surface area (TPSA) is 45.7 Å². The zero-order chi connectivity index (χ0) is 16.1. The Morgan fingerprint density at radius 3 is 2.87 bits per heavy atom. The molecular weight excluding hydrogens is 330 g/mol. The number of aromatic nitrogens is 1. The zero-order valence-electron chi connectivity index (χ0n) is 12.8. The standard InChI is InChI=1S/C16H19N3O2S2/c20-15-14(12-13-4-1-2-5-17-13)23-16(22)19(15)7-3-6-18-8-10-21-11-9-18/h1-2,4-5,12H,3,6-11H2/b14-12+. The average molecular weight is 349 g/mol. The number of morpholine rings is 1.